The summed E-state index contributed by atoms with van der Waals surface area (Å²) in [7, 11) is -1.04. The standard InChI is InChI=1S/C16H22N2O3Si/c1-22(2,3)9-8-19-12-18-11-17-14-10-13(4-5-15(14)18)16-20-6-7-21-16/h4-7,10-11,16H,8-9,12H2,1-3H3. The highest BCUT2D eigenvalue weighted by atomic mass is 28.3. The first kappa shape index (κ1) is 15.1. The van der Waals surface area contributed by atoms with Gasteiger partial charge in [0.15, 0.2) is 0 Å². The molecule has 118 valence electrons. The normalized spacial score (nSPS) is 15.2. The Balaban J connectivity index is 1.65. The molecule has 22 heavy (non-hydrogen) atoms. The predicted octanol–water partition coefficient (Wildman–Crippen LogP) is 3.87. The van der Waals surface area contributed by atoms with Gasteiger partial charge in [-0.05, 0) is 24.2 Å². The van der Waals surface area contributed by atoms with Crippen molar-refractivity contribution >= 4 is 19.1 Å². The third-order valence-corrected chi connectivity index (χ3v) is 5.31. The number of benzene rings is 1. The molecule has 0 saturated carbocycles. The third kappa shape index (κ3) is 3.51. The van der Waals surface area contributed by atoms with Crippen LogP contribution in [0.2, 0.25) is 25.7 Å². The van der Waals surface area contributed by atoms with Gasteiger partial charge in [-0.1, -0.05) is 19.6 Å². The highest BCUT2D eigenvalue weighted by Crippen LogP contribution is 2.26. The molecule has 1 aromatic carbocycles. The molecule has 1 aliphatic rings. The van der Waals surface area contributed by atoms with Gasteiger partial charge in [0.2, 0.25) is 0 Å². The molecule has 0 amide bonds. The van der Waals surface area contributed by atoms with Crippen molar-refractivity contribution in [2.45, 2.75) is 38.7 Å². The van der Waals surface area contributed by atoms with E-state index >= 15 is 0 Å². The van der Waals surface area contributed by atoms with Gasteiger partial charge in [-0.2, -0.15) is 0 Å². The van der Waals surface area contributed by atoms with Crippen LogP contribution in [0.5, 0.6) is 0 Å². The molecule has 1 aliphatic heterocycles. The predicted molar refractivity (Wildman–Crippen MR) is 87.9 cm³/mol. The number of rotatable bonds is 6. The van der Waals surface area contributed by atoms with Crippen LogP contribution in [0, 0.1) is 0 Å². The van der Waals surface area contributed by atoms with Crippen molar-refractivity contribution in [2.24, 2.45) is 0 Å². The average molecular weight is 318 g/mol. The average Bonchev–Trinajstić information content (AvgIpc) is 3.12. The summed E-state index contributed by atoms with van der Waals surface area (Å²) < 4.78 is 18.5. The van der Waals surface area contributed by atoms with Crippen molar-refractivity contribution in [3.8, 4) is 0 Å². The maximum absolute atomic E-state index is 5.79. The van der Waals surface area contributed by atoms with E-state index in [1.165, 1.54) is 6.04 Å². The molecule has 3 rings (SSSR count). The summed E-state index contributed by atoms with van der Waals surface area (Å²) in [6.45, 7) is 8.41. The largest absolute Gasteiger partial charge is 0.455 e. The summed E-state index contributed by atoms with van der Waals surface area (Å²) in [5, 5.41) is 0. The Morgan fingerprint density at radius 1 is 1.23 bits per heavy atom. The summed E-state index contributed by atoms with van der Waals surface area (Å²) in [4.78, 5) is 4.44. The van der Waals surface area contributed by atoms with Crippen LogP contribution in [0.15, 0.2) is 37.1 Å². The van der Waals surface area contributed by atoms with Crippen LogP contribution in [0.4, 0.5) is 0 Å². The Morgan fingerprint density at radius 3 is 2.73 bits per heavy atom. The van der Waals surface area contributed by atoms with E-state index in [0.29, 0.717) is 6.73 Å². The fraction of sp³-hybridized carbons (Fsp3) is 0.438. The lowest BCUT2D eigenvalue weighted by atomic mass is 10.2. The maximum Gasteiger partial charge on any atom is 0.266 e. The van der Waals surface area contributed by atoms with Crippen molar-refractivity contribution < 1.29 is 14.2 Å². The van der Waals surface area contributed by atoms with Crippen LogP contribution in [0.3, 0.4) is 0 Å². The highest BCUT2D eigenvalue weighted by Gasteiger charge is 2.17. The molecule has 0 fully saturated rings. The molecular weight excluding hydrogens is 296 g/mol. The molecule has 1 aromatic heterocycles. The lowest BCUT2D eigenvalue weighted by molar-refractivity contribution is -0.0245. The summed E-state index contributed by atoms with van der Waals surface area (Å²) >= 11 is 0. The van der Waals surface area contributed by atoms with Crippen molar-refractivity contribution in [2.75, 3.05) is 6.61 Å². The van der Waals surface area contributed by atoms with E-state index in [2.05, 4.69) is 24.6 Å². The molecule has 0 bridgehead atoms. The molecular formula is C16H22N2O3Si. The van der Waals surface area contributed by atoms with Crippen LogP contribution in [-0.4, -0.2) is 24.2 Å². The molecule has 0 atom stereocenters. The minimum atomic E-state index is -1.04. The van der Waals surface area contributed by atoms with Crippen molar-refractivity contribution in [1.82, 2.24) is 9.55 Å². The number of fused-ring (bicyclic) bond motifs is 1. The highest BCUT2D eigenvalue weighted by molar-refractivity contribution is 6.76. The van der Waals surface area contributed by atoms with Crippen LogP contribution in [-0.2, 0) is 20.9 Å². The number of hydrogen-bond donors (Lipinski definition) is 0. The summed E-state index contributed by atoms with van der Waals surface area (Å²) in [6, 6.07) is 7.20. The molecule has 6 heteroatoms. The van der Waals surface area contributed by atoms with Crippen LogP contribution in [0.25, 0.3) is 11.0 Å². The van der Waals surface area contributed by atoms with Gasteiger partial charge in [0.1, 0.15) is 19.3 Å². The molecule has 5 nitrogen and oxygen atoms in total. The Morgan fingerprint density at radius 2 is 2.00 bits per heavy atom. The van der Waals surface area contributed by atoms with Gasteiger partial charge >= 0.3 is 0 Å². The second-order valence-electron chi connectivity index (χ2n) is 6.69. The van der Waals surface area contributed by atoms with E-state index in [1.807, 2.05) is 29.1 Å². The summed E-state index contributed by atoms with van der Waals surface area (Å²) in [6.07, 6.45) is 4.57. The van der Waals surface area contributed by atoms with E-state index in [1.54, 1.807) is 12.5 Å². The molecule has 0 unspecified atom stereocenters. The number of hydrogen-bond acceptors (Lipinski definition) is 4. The third-order valence-electron chi connectivity index (χ3n) is 3.60. The first-order chi connectivity index (χ1) is 10.5. The SMILES string of the molecule is C[Si](C)(C)CCOCn1cnc2cc(C3OC=CO3)ccc21. The Kier molecular flexibility index (Phi) is 4.22. The Hall–Kier alpha value is -1.79. The number of nitrogens with zero attached hydrogens (tertiary/aromatic N) is 2. The maximum atomic E-state index is 5.79. The Labute approximate surface area is 131 Å². The van der Waals surface area contributed by atoms with Gasteiger partial charge in [0, 0.05) is 20.2 Å². The first-order valence-electron chi connectivity index (χ1n) is 7.51. The molecule has 0 saturated heterocycles. The van der Waals surface area contributed by atoms with Crippen molar-refractivity contribution in [3.63, 3.8) is 0 Å². The van der Waals surface area contributed by atoms with Gasteiger partial charge in [0.25, 0.3) is 6.29 Å². The van der Waals surface area contributed by atoms with E-state index in [9.17, 15) is 0 Å². The zero-order chi connectivity index (χ0) is 15.6. The Bertz CT molecular complexity index is 668. The topological polar surface area (TPSA) is 45.5 Å². The smallest absolute Gasteiger partial charge is 0.266 e. The first-order valence-corrected chi connectivity index (χ1v) is 11.2. The summed E-state index contributed by atoms with van der Waals surface area (Å²) in [5.41, 5.74) is 2.94. The van der Waals surface area contributed by atoms with E-state index in [0.717, 1.165) is 23.2 Å². The monoisotopic (exact) mass is 318 g/mol. The van der Waals surface area contributed by atoms with Crippen molar-refractivity contribution in [3.05, 3.63) is 42.6 Å². The van der Waals surface area contributed by atoms with Gasteiger partial charge in [-0.3, -0.25) is 0 Å². The summed E-state index contributed by atoms with van der Waals surface area (Å²) in [5.74, 6) is 0. The fourth-order valence-corrected chi connectivity index (χ4v) is 3.02. The molecule has 2 heterocycles. The molecule has 0 N–H and O–H groups in total. The van der Waals surface area contributed by atoms with E-state index in [4.69, 9.17) is 14.2 Å². The minimum Gasteiger partial charge on any atom is -0.455 e. The van der Waals surface area contributed by atoms with Gasteiger partial charge < -0.3 is 18.8 Å². The molecule has 0 aliphatic carbocycles. The zero-order valence-electron chi connectivity index (χ0n) is 13.3. The second-order valence-corrected chi connectivity index (χ2v) is 12.3. The van der Waals surface area contributed by atoms with Crippen LogP contribution in [0.1, 0.15) is 11.9 Å². The van der Waals surface area contributed by atoms with E-state index in [-0.39, 0.29) is 6.29 Å². The van der Waals surface area contributed by atoms with Gasteiger partial charge in [0.05, 0.1) is 17.4 Å². The fourth-order valence-electron chi connectivity index (χ4n) is 2.27. The minimum absolute atomic E-state index is 0.359. The lowest BCUT2D eigenvalue weighted by Crippen LogP contribution is -2.21. The van der Waals surface area contributed by atoms with Gasteiger partial charge in [-0.15, -0.1) is 0 Å². The number of imidazole rings is 1. The molecule has 2 aromatic rings. The molecule has 0 spiro atoms. The zero-order valence-corrected chi connectivity index (χ0v) is 14.3. The van der Waals surface area contributed by atoms with Crippen LogP contribution < -0.4 is 0 Å². The lowest BCUT2D eigenvalue weighted by Gasteiger charge is -2.15. The second kappa shape index (κ2) is 6.14. The number of ether oxygens (including phenoxy) is 3. The number of aromatic nitrogens is 2. The van der Waals surface area contributed by atoms with Crippen molar-refractivity contribution in [1.29, 1.82) is 0 Å². The van der Waals surface area contributed by atoms with Gasteiger partial charge in [-0.25, -0.2) is 4.98 Å². The quantitative estimate of drug-likeness (QED) is 0.599. The van der Waals surface area contributed by atoms with Crippen LogP contribution >= 0.6 is 0 Å². The molecule has 0 radical (unpaired) electrons. The van der Waals surface area contributed by atoms with E-state index < -0.39 is 8.07 Å².